The zero-order valence-electron chi connectivity index (χ0n) is 15.8. The van der Waals surface area contributed by atoms with Crippen LogP contribution in [-0.2, 0) is 21.1 Å². The fraction of sp³-hybridized carbons (Fsp3) is 0.556. The molecule has 0 N–H and O–H groups in total. The number of rotatable bonds is 9. The van der Waals surface area contributed by atoms with Crippen molar-refractivity contribution in [3.63, 3.8) is 0 Å². The van der Waals surface area contributed by atoms with Crippen LogP contribution in [0.15, 0.2) is 24.5 Å². The second-order valence-corrected chi connectivity index (χ2v) is 8.92. The molecule has 0 unspecified atom stereocenters. The van der Waals surface area contributed by atoms with Gasteiger partial charge in [-0.15, -0.1) is 0 Å². The molecule has 7 nitrogen and oxygen atoms in total. The normalized spacial score (nSPS) is 12.0. The van der Waals surface area contributed by atoms with Crippen LogP contribution in [0.25, 0.3) is 11.0 Å². The Balaban J connectivity index is 2.09. The molecule has 1 heterocycles. The van der Waals surface area contributed by atoms with Crippen molar-refractivity contribution in [3.05, 3.63) is 30.1 Å². The summed E-state index contributed by atoms with van der Waals surface area (Å²) in [4.78, 5) is 18.9. The number of carbonyl (C=O) groups is 1. The first-order chi connectivity index (χ1) is 12.2. The number of nitrogens with zero attached hydrogens (tertiary/aromatic N) is 3. The van der Waals surface area contributed by atoms with Gasteiger partial charge in [0.25, 0.3) is 5.91 Å². The highest BCUT2D eigenvalue weighted by molar-refractivity contribution is 7.90. The van der Waals surface area contributed by atoms with Crippen LogP contribution < -0.4 is 0 Å². The lowest BCUT2D eigenvalue weighted by Crippen LogP contribution is -2.33. The molecule has 1 amide bonds. The summed E-state index contributed by atoms with van der Waals surface area (Å²) in [7, 11) is -3.13. The number of hydrogen-bond acceptors (Lipinski definition) is 5. The highest BCUT2D eigenvalue weighted by Crippen LogP contribution is 2.17. The van der Waals surface area contributed by atoms with Crippen LogP contribution in [0.2, 0.25) is 0 Å². The number of amides is 1. The summed E-state index contributed by atoms with van der Waals surface area (Å²) < 4.78 is 29.2. The highest BCUT2D eigenvalue weighted by Gasteiger charge is 2.16. The minimum absolute atomic E-state index is 0.00846. The van der Waals surface area contributed by atoms with E-state index in [1.165, 1.54) is 0 Å². The van der Waals surface area contributed by atoms with Crippen LogP contribution in [-0.4, -0.2) is 60.7 Å². The standard InChI is InChI=1S/C18H27N3O4S/c1-5-20(11-14(2)3)18(22)15-6-7-17-16(10-15)19-12-21(17)8-9-25-13-26(4,23)24/h6-7,10,12,14H,5,8-9,11,13H2,1-4H3. The Hall–Kier alpha value is -1.93. The molecular formula is C18H27N3O4S. The Kier molecular flexibility index (Phi) is 6.77. The van der Waals surface area contributed by atoms with Crippen LogP contribution in [0.3, 0.4) is 0 Å². The van der Waals surface area contributed by atoms with Gasteiger partial charge in [0.2, 0.25) is 0 Å². The second-order valence-electron chi connectivity index (χ2n) is 6.83. The molecule has 0 aliphatic carbocycles. The Bertz CT molecular complexity index is 858. The predicted octanol–water partition coefficient (Wildman–Crippen LogP) is 2.17. The maximum atomic E-state index is 12.7. The molecule has 0 saturated carbocycles. The average Bonchev–Trinajstić information content (AvgIpc) is 2.97. The van der Waals surface area contributed by atoms with E-state index in [1.54, 1.807) is 12.4 Å². The molecule has 26 heavy (non-hydrogen) atoms. The van der Waals surface area contributed by atoms with Gasteiger partial charge in [0, 0.05) is 31.5 Å². The SMILES string of the molecule is CCN(CC(C)C)C(=O)c1ccc2c(c1)ncn2CCOCS(C)(=O)=O. The van der Waals surface area contributed by atoms with Crippen molar-refractivity contribution in [1.29, 1.82) is 0 Å². The average molecular weight is 381 g/mol. The van der Waals surface area contributed by atoms with Crippen molar-refractivity contribution in [1.82, 2.24) is 14.5 Å². The van der Waals surface area contributed by atoms with E-state index < -0.39 is 9.84 Å². The molecule has 0 atom stereocenters. The first-order valence-electron chi connectivity index (χ1n) is 8.71. The van der Waals surface area contributed by atoms with Gasteiger partial charge in [-0.05, 0) is 31.0 Å². The molecule has 0 aliphatic heterocycles. The van der Waals surface area contributed by atoms with Gasteiger partial charge in [-0.25, -0.2) is 13.4 Å². The number of benzene rings is 1. The molecule has 0 fully saturated rings. The summed E-state index contributed by atoms with van der Waals surface area (Å²) in [6.07, 6.45) is 2.81. The van der Waals surface area contributed by atoms with E-state index in [9.17, 15) is 13.2 Å². The molecule has 0 spiro atoms. The lowest BCUT2D eigenvalue weighted by molar-refractivity contribution is 0.0746. The zero-order valence-corrected chi connectivity index (χ0v) is 16.6. The van der Waals surface area contributed by atoms with Gasteiger partial charge in [0.1, 0.15) is 5.94 Å². The number of carbonyl (C=O) groups excluding carboxylic acids is 1. The zero-order chi connectivity index (χ0) is 19.3. The van der Waals surface area contributed by atoms with E-state index in [4.69, 9.17) is 4.74 Å². The number of sulfone groups is 1. The van der Waals surface area contributed by atoms with Gasteiger partial charge >= 0.3 is 0 Å². The Morgan fingerprint density at radius 1 is 1.35 bits per heavy atom. The third kappa shape index (κ3) is 5.54. The van der Waals surface area contributed by atoms with Crippen molar-refractivity contribution in [3.8, 4) is 0 Å². The van der Waals surface area contributed by atoms with Crippen LogP contribution >= 0.6 is 0 Å². The van der Waals surface area contributed by atoms with Crippen molar-refractivity contribution in [2.45, 2.75) is 27.3 Å². The first-order valence-corrected chi connectivity index (χ1v) is 10.8. The molecule has 144 valence electrons. The van der Waals surface area contributed by atoms with Gasteiger partial charge < -0.3 is 14.2 Å². The van der Waals surface area contributed by atoms with E-state index >= 15 is 0 Å². The largest absolute Gasteiger partial charge is 0.364 e. The van der Waals surface area contributed by atoms with Crippen LogP contribution in [0.1, 0.15) is 31.1 Å². The summed E-state index contributed by atoms with van der Waals surface area (Å²) in [6, 6.07) is 5.48. The van der Waals surface area contributed by atoms with E-state index in [-0.39, 0.29) is 18.5 Å². The lowest BCUT2D eigenvalue weighted by Gasteiger charge is -2.23. The number of imidazole rings is 1. The number of hydrogen-bond donors (Lipinski definition) is 0. The van der Waals surface area contributed by atoms with Crippen molar-refractivity contribution in [2.24, 2.45) is 5.92 Å². The lowest BCUT2D eigenvalue weighted by atomic mass is 10.1. The molecule has 1 aromatic carbocycles. The molecular weight excluding hydrogens is 354 g/mol. The first kappa shape index (κ1) is 20.4. The Morgan fingerprint density at radius 2 is 2.08 bits per heavy atom. The van der Waals surface area contributed by atoms with Gasteiger partial charge in [-0.2, -0.15) is 0 Å². The molecule has 2 aromatic rings. The van der Waals surface area contributed by atoms with Gasteiger partial charge in [-0.3, -0.25) is 4.79 Å². The molecule has 0 bridgehead atoms. The van der Waals surface area contributed by atoms with E-state index in [0.717, 1.165) is 23.8 Å². The fourth-order valence-corrected chi connectivity index (χ4v) is 3.15. The number of fused-ring (bicyclic) bond motifs is 1. The van der Waals surface area contributed by atoms with Gasteiger partial charge in [0.15, 0.2) is 9.84 Å². The summed E-state index contributed by atoms with van der Waals surface area (Å²) >= 11 is 0. The maximum absolute atomic E-state index is 12.7. The van der Waals surface area contributed by atoms with E-state index in [1.807, 2.05) is 28.5 Å². The van der Waals surface area contributed by atoms with E-state index in [2.05, 4.69) is 18.8 Å². The van der Waals surface area contributed by atoms with Crippen LogP contribution in [0.4, 0.5) is 0 Å². The van der Waals surface area contributed by atoms with Crippen molar-refractivity contribution >= 4 is 26.8 Å². The molecule has 0 radical (unpaired) electrons. The highest BCUT2D eigenvalue weighted by atomic mass is 32.2. The number of aromatic nitrogens is 2. The Labute approximate surface area is 154 Å². The molecule has 0 aliphatic rings. The summed E-state index contributed by atoms with van der Waals surface area (Å²) in [6.45, 7) is 8.31. The maximum Gasteiger partial charge on any atom is 0.253 e. The predicted molar refractivity (Wildman–Crippen MR) is 102 cm³/mol. The van der Waals surface area contributed by atoms with Crippen LogP contribution in [0.5, 0.6) is 0 Å². The third-order valence-electron chi connectivity index (χ3n) is 3.90. The monoisotopic (exact) mass is 381 g/mol. The minimum atomic E-state index is -3.13. The topological polar surface area (TPSA) is 81.5 Å². The van der Waals surface area contributed by atoms with Crippen molar-refractivity contribution in [2.75, 3.05) is 31.9 Å². The molecule has 8 heteroatoms. The third-order valence-corrected chi connectivity index (χ3v) is 4.49. The fourth-order valence-electron chi connectivity index (χ4n) is 2.73. The molecule has 0 saturated heterocycles. The van der Waals surface area contributed by atoms with E-state index in [0.29, 0.717) is 24.6 Å². The molecule has 1 aromatic heterocycles. The van der Waals surface area contributed by atoms with Crippen molar-refractivity contribution < 1.29 is 17.9 Å². The smallest absolute Gasteiger partial charge is 0.253 e. The summed E-state index contributed by atoms with van der Waals surface area (Å²) in [5.74, 6) is 0.129. The van der Waals surface area contributed by atoms with Gasteiger partial charge in [-0.1, -0.05) is 13.8 Å². The Morgan fingerprint density at radius 3 is 2.69 bits per heavy atom. The molecule has 2 rings (SSSR count). The second kappa shape index (κ2) is 8.64. The minimum Gasteiger partial charge on any atom is -0.364 e. The summed E-state index contributed by atoms with van der Waals surface area (Å²) in [5, 5.41) is 0. The summed E-state index contributed by atoms with van der Waals surface area (Å²) in [5.41, 5.74) is 2.24. The quantitative estimate of drug-likeness (QED) is 0.622. The number of ether oxygens (including phenoxy) is 1. The van der Waals surface area contributed by atoms with Gasteiger partial charge in [0.05, 0.1) is 24.0 Å². The van der Waals surface area contributed by atoms with Crippen LogP contribution in [0, 0.1) is 5.92 Å².